The lowest BCUT2D eigenvalue weighted by Crippen LogP contribution is -2.00. The highest BCUT2D eigenvalue weighted by molar-refractivity contribution is 5.41. The fraction of sp³-hybridized carbons (Fsp3) is 0.714. The largest absolute Gasteiger partial charge is 0.0736 e. The van der Waals surface area contributed by atoms with Gasteiger partial charge in [0.25, 0.3) is 0 Å². The Labute approximate surface area is 89.1 Å². The SMILES string of the molecule is CC(C)C1=CC(C(C)C)C=C1C(C)C. The number of rotatable bonds is 3. The molecule has 0 aromatic rings. The van der Waals surface area contributed by atoms with Gasteiger partial charge in [-0.25, -0.2) is 0 Å². The third-order valence-corrected chi connectivity index (χ3v) is 3.09. The zero-order valence-electron chi connectivity index (χ0n) is 10.5. The minimum Gasteiger partial charge on any atom is -0.0736 e. The second-order valence-electron chi connectivity index (χ2n) is 5.37. The first-order valence-electron chi connectivity index (χ1n) is 5.87. The van der Waals surface area contributed by atoms with Gasteiger partial charge in [0.2, 0.25) is 0 Å². The average Bonchev–Trinajstić information content (AvgIpc) is 2.47. The van der Waals surface area contributed by atoms with Gasteiger partial charge in [-0.3, -0.25) is 0 Å². The summed E-state index contributed by atoms with van der Waals surface area (Å²) in [7, 11) is 0. The Morgan fingerprint density at radius 1 is 0.786 bits per heavy atom. The fourth-order valence-corrected chi connectivity index (χ4v) is 2.09. The second-order valence-corrected chi connectivity index (χ2v) is 5.37. The van der Waals surface area contributed by atoms with Crippen LogP contribution in [0.4, 0.5) is 0 Å². The van der Waals surface area contributed by atoms with Gasteiger partial charge in [-0.2, -0.15) is 0 Å². The summed E-state index contributed by atoms with van der Waals surface area (Å²) in [6, 6.07) is 0. The lowest BCUT2D eigenvalue weighted by Gasteiger charge is -2.14. The molecule has 1 aliphatic carbocycles. The summed E-state index contributed by atoms with van der Waals surface area (Å²) in [6.45, 7) is 13.8. The molecule has 1 aliphatic rings. The molecule has 0 aliphatic heterocycles. The van der Waals surface area contributed by atoms with E-state index >= 15 is 0 Å². The van der Waals surface area contributed by atoms with Crippen LogP contribution in [0.5, 0.6) is 0 Å². The zero-order chi connectivity index (χ0) is 10.9. The first-order valence-corrected chi connectivity index (χ1v) is 5.87. The number of allylic oxidation sites excluding steroid dienone is 4. The topological polar surface area (TPSA) is 0 Å². The Hall–Kier alpha value is -0.520. The zero-order valence-corrected chi connectivity index (χ0v) is 10.5. The molecule has 0 atom stereocenters. The molecule has 0 amide bonds. The van der Waals surface area contributed by atoms with Gasteiger partial charge in [0.05, 0.1) is 0 Å². The molecule has 0 bridgehead atoms. The van der Waals surface area contributed by atoms with Gasteiger partial charge >= 0.3 is 0 Å². The molecule has 0 nitrogen and oxygen atoms in total. The van der Waals surface area contributed by atoms with E-state index in [1.165, 1.54) is 0 Å². The Morgan fingerprint density at radius 3 is 1.36 bits per heavy atom. The van der Waals surface area contributed by atoms with Gasteiger partial charge in [0.1, 0.15) is 0 Å². The van der Waals surface area contributed by atoms with Crippen LogP contribution in [0.1, 0.15) is 41.5 Å². The van der Waals surface area contributed by atoms with E-state index in [-0.39, 0.29) is 0 Å². The number of hydrogen-bond donors (Lipinski definition) is 0. The van der Waals surface area contributed by atoms with Crippen LogP contribution in [0.15, 0.2) is 23.3 Å². The second kappa shape index (κ2) is 4.33. The van der Waals surface area contributed by atoms with Crippen LogP contribution in [0.2, 0.25) is 0 Å². The molecule has 0 aromatic carbocycles. The third-order valence-electron chi connectivity index (χ3n) is 3.09. The van der Waals surface area contributed by atoms with E-state index in [0.717, 1.165) is 5.92 Å². The summed E-state index contributed by atoms with van der Waals surface area (Å²) in [5.74, 6) is 2.75. The van der Waals surface area contributed by atoms with Crippen molar-refractivity contribution in [3.05, 3.63) is 23.3 Å². The van der Waals surface area contributed by atoms with Crippen LogP contribution >= 0.6 is 0 Å². The summed E-state index contributed by atoms with van der Waals surface area (Å²) in [4.78, 5) is 0. The highest BCUT2D eigenvalue weighted by atomic mass is 14.3. The van der Waals surface area contributed by atoms with Crippen LogP contribution in [-0.2, 0) is 0 Å². The summed E-state index contributed by atoms with van der Waals surface area (Å²) < 4.78 is 0. The van der Waals surface area contributed by atoms with E-state index in [0.29, 0.717) is 17.8 Å². The molecule has 0 fully saturated rings. The van der Waals surface area contributed by atoms with Gasteiger partial charge in [0.15, 0.2) is 0 Å². The van der Waals surface area contributed by atoms with Crippen molar-refractivity contribution in [2.24, 2.45) is 23.7 Å². The molecule has 0 spiro atoms. The molecule has 14 heavy (non-hydrogen) atoms. The predicted molar refractivity (Wildman–Crippen MR) is 64.2 cm³/mol. The lowest BCUT2D eigenvalue weighted by atomic mass is 9.91. The maximum atomic E-state index is 2.48. The van der Waals surface area contributed by atoms with E-state index in [9.17, 15) is 0 Å². The molecule has 0 saturated heterocycles. The average molecular weight is 192 g/mol. The molecule has 1 rings (SSSR count). The fourth-order valence-electron chi connectivity index (χ4n) is 2.09. The Bertz CT molecular complexity index is 227. The lowest BCUT2D eigenvalue weighted by molar-refractivity contribution is 0.551. The highest BCUT2D eigenvalue weighted by Gasteiger charge is 2.22. The Balaban J connectivity index is 2.93. The van der Waals surface area contributed by atoms with Crippen molar-refractivity contribution in [3.63, 3.8) is 0 Å². The van der Waals surface area contributed by atoms with E-state index in [2.05, 4.69) is 53.7 Å². The Morgan fingerprint density at radius 2 is 1.14 bits per heavy atom. The van der Waals surface area contributed by atoms with Gasteiger partial charge < -0.3 is 0 Å². The van der Waals surface area contributed by atoms with Gasteiger partial charge in [0, 0.05) is 0 Å². The molecule has 0 N–H and O–H groups in total. The first-order chi connectivity index (χ1) is 6.43. The minimum atomic E-state index is 0.671. The maximum absolute atomic E-state index is 2.48. The van der Waals surface area contributed by atoms with Gasteiger partial charge in [-0.15, -0.1) is 0 Å². The molecule has 0 aromatic heterocycles. The molecular formula is C14H24. The Kier molecular flexibility index (Phi) is 3.58. The van der Waals surface area contributed by atoms with E-state index in [1.54, 1.807) is 11.1 Å². The minimum absolute atomic E-state index is 0.671. The first kappa shape index (κ1) is 11.6. The molecule has 0 saturated carbocycles. The van der Waals surface area contributed by atoms with Crippen molar-refractivity contribution >= 4 is 0 Å². The van der Waals surface area contributed by atoms with Gasteiger partial charge in [-0.1, -0.05) is 53.7 Å². The van der Waals surface area contributed by atoms with Crippen LogP contribution in [0, 0.1) is 23.7 Å². The van der Waals surface area contributed by atoms with Crippen LogP contribution in [-0.4, -0.2) is 0 Å². The summed E-state index contributed by atoms with van der Waals surface area (Å²) >= 11 is 0. The van der Waals surface area contributed by atoms with E-state index < -0.39 is 0 Å². The molecule has 80 valence electrons. The summed E-state index contributed by atoms with van der Waals surface area (Å²) in [6.07, 6.45) is 4.95. The van der Waals surface area contributed by atoms with Crippen molar-refractivity contribution in [3.8, 4) is 0 Å². The molecule has 0 unspecified atom stereocenters. The van der Waals surface area contributed by atoms with Crippen LogP contribution < -0.4 is 0 Å². The normalized spacial score (nSPS) is 18.4. The quantitative estimate of drug-likeness (QED) is 0.620. The van der Waals surface area contributed by atoms with Crippen molar-refractivity contribution in [2.75, 3.05) is 0 Å². The predicted octanol–water partition coefficient (Wildman–Crippen LogP) is 4.44. The smallest absolute Gasteiger partial charge is 0.00184 e. The standard InChI is InChI=1S/C14H24/c1-9(2)12-7-13(10(3)4)14(8-12)11(5)6/h7-12H,1-6H3. The van der Waals surface area contributed by atoms with Crippen LogP contribution in [0.3, 0.4) is 0 Å². The summed E-state index contributed by atoms with van der Waals surface area (Å²) in [5.41, 5.74) is 3.16. The van der Waals surface area contributed by atoms with E-state index in [1.807, 2.05) is 0 Å². The molecule has 0 heterocycles. The monoisotopic (exact) mass is 192 g/mol. The number of hydrogen-bond acceptors (Lipinski definition) is 0. The summed E-state index contributed by atoms with van der Waals surface area (Å²) in [5, 5.41) is 0. The molecular weight excluding hydrogens is 168 g/mol. The molecule has 0 radical (unpaired) electrons. The van der Waals surface area contributed by atoms with Crippen molar-refractivity contribution in [2.45, 2.75) is 41.5 Å². The van der Waals surface area contributed by atoms with Crippen LogP contribution in [0.25, 0.3) is 0 Å². The van der Waals surface area contributed by atoms with Crippen molar-refractivity contribution in [1.82, 2.24) is 0 Å². The highest BCUT2D eigenvalue weighted by Crippen LogP contribution is 2.36. The maximum Gasteiger partial charge on any atom is -0.00184 e. The van der Waals surface area contributed by atoms with E-state index in [4.69, 9.17) is 0 Å². The van der Waals surface area contributed by atoms with Gasteiger partial charge in [-0.05, 0) is 34.8 Å². The van der Waals surface area contributed by atoms with Crippen molar-refractivity contribution < 1.29 is 0 Å². The third kappa shape index (κ3) is 2.29. The molecule has 0 heteroatoms. The van der Waals surface area contributed by atoms with Crippen molar-refractivity contribution in [1.29, 1.82) is 0 Å².